The minimum atomic E-state index is -3.35. The number of rotatable bonds is 9. The fourth-order valence-electron chi connectivity index (χ4n) is 1.77. The van der Waals surface area contributed by atoms with E-state index in [4.69, 9.17) is 11.6 Å². The largest absolute Gasteiger partial charge is 0.240 e. The SMILES string of the molecule is CCCCCNS(=O)(=O)c1ccc(CCCCl)cc1. The van der Waals surface area contributed by atoms with Gasteiger partial charge in [0, 0.05) is 12.4 Å². The van der Waals surface area contributed by atoms with Gasteiger partial charge in [0.15, 0.2) is 0 Å². The van der Waals surface area contributed by atoms with Crippen molar-refractivity contribution >= 4 is 21.6 Å². The Morgan fingerprint density at radius 2 is 1.79 bits per heavy atom. The van der Waals surface area contributed by atoms with Gasteiger partial charge in [0.2, 0.25) is 10.0 Å². The molecule has 0 saturated heterocycles. The third kappa shape index (κ3) is 5.93. The first kappa shape index (κ1) is 16.5. The summed E-state index contributed by atoms with van der Waals surface area (Å²) in [6.07, 6.45) is 4.79. The monoisotopic (exact) mass is 303 g/mol. The van der Waals surface area contributed by atoms with E-state index in [0.717, 1.165) is 37.7 Å². The molecule has 0 atom stereocenters. The van der Waals surface area contributed by atoms with Crippen LogP contribution in [0.5, 0.6) is 0 Å². The summed E-state index contributed by atoms with van der Waals surface area (Å²) in [5, 5.41) is 0. The zero-order valence-corrected chi connectivity index (χ0v) is 12.9. The molecule has 1 aromatic rings. The van der Waals surface area contributed by atoms with E-state index in [1.807, 2.05) is 12.1 Å². The summed E-state index contributed by atoms with van der Waals surface area (Å²) < 4.78 is 26.6. The van der Waals surface area contributed by atoms with Gasteiger partial charge in [-0.05, 0) is 37.0 Å². The topological polar surface area (TPSA) is 46.2 Å². The first-order valence-electron chi connectivity index (χ1n) is 6.74. The number of nitrogens with one attached hydrogen (secondary N) is 1. The molecule has 19 heavy (non-hydrogen) atoms. The number of hydrogen-bond donors (Lipinski definition) is 1. The first-order chi connectivity index (χ1) is 9.10. The van der Waals surface area contributed by atoms with Crippen molar-refractivity contribution in [2.24, 2.45) is 0 Å². The van der Waals surface area contributed by atoms with E-state index in [9.17, 15) is 8.42 Å². The highest BCUT2D eigenvalue weighted by Crippen LogP contribution is 2.12. The van der Waals surface area contributed by atoms with Crippen molar-refractivity contribution in [3.05, 3.63) is 29.8 Å². The van der Waals surface area contributed by atoms with Crippen LogP contribution in [0.4, 0.5) is 0 Å². The fourth-order valence-corrected chi connectivity index (χ4v) is 2.98. The van der Waals surface area contributed by atoms with Crippen LogP contribution in [0.15, 0.2) is 29.2 Å². The molecule has 1 rings (SSSR count). The molecule has 0 aliphatic rings. The lowest BCUT2D eigenvalue weighted by atomic mass is 10.1. The standard InChI is InChI=1S/C14H22ClNO2S/c1-2-3-4-12-16-19(17,18)14-9-7-13(8-10-14)6-5-11-15/h7-10,16H,2-6,11-12H2,1H3. The molecule has 0 amide bonds. The van der Waals surface area contributed by atoms with Gasteiger partial charge in [0.05, 0.1) is 4.90 Å². The van der Waals surface area contributed by atoms with Crippen LogP contribution >= 0.6 is 11.6 Å². The van der Waals surface area contributed by atoms with Gasteiger partial charge in [-0.15, -0.1) is 11.6 Å². The Morgan fingerprint density at radius 1 is 1.11 bits per heavy atom. The van der Waals surface area contributed by atoms with Crippen LogP contribution in [0, 0.1) is 0 Å². The lowest BCUT2D eigenvalue weighted by Gasteiger charge is -2.07. The third-order valence-electron chi connectivity index (χ3n) is 2.91. The van der Waals surface area contributed by atoms with Crippen molar-refractivity contribution in [2.75, 3.05) is 12.4 Å². The van der Waals surface area contributed by atoms with Crippen molar-refractivity contribution < 1.29 is 8.42 Å². The summed E-state index contributed by atoms with van der Waals surface area (Å²) in [5.41, 5.74) is 1.12. The average Bonchev–Trinajstić information content (AvgIpc) is 2.42. The van der Waals surface area contributed by atoms with E-state index in [-0.39, 0.29) is 0 Å². The van der Waals surface area contributed by atoms with Crippen LogP contribution in [-0.2, 0) is 16.4 Å². The van der Waals surface area contributed by atoms with E-state index < -0.39 is 10.0 Å². The lowest BCUT2D eigenvalue weighted by molar-refractivity contribution is 0.576. The van der Waals surface area contributed by atoms with Crippen molar-refractivity contribution in [3.63, 3.8) is 0 Å². The highest BCUT2D eigenvalue weighted by molar-refractivity contribution is 7.89. The molecule has 0 unspecified atom stereocenters. The van der Waals surface area contributed by atoms with Crippen LogP contribution in [-0.4, -0.2) is 20.8 Å². The van der Waals surface area contributed by atoms with Crippen LogP contribution in [0.2, 0.25) is 0 Å². The van der Waals surface area contributed by atoms with Gasteiger partial charge < -0.3 is 0 Å². The van der Waals surface area contributed by atoms with Gasteiger partial charge in [0.25, 0.3) is 0 Å². The van der Waals surface area contributed by atoms with Crippen LogP contribution in [0.25, 0.3) is 0 Å². The van der Waals surface area contributed by atoms with Crippen LogP contribution in [0.3, 0.4) is 0 Å². The van der Waals surface area contributed by atoms with Crippen molar-refractivity contribution in [3.8, 4) is 0 Å². The van der Waals surface area contributed by atoms with Crippen molar-refractivity contribution in [1.82, 2.24) is 4.72 Å². The van der Waals surface area contributed by atoms with Gasteiger partial charge >= 0.3 is 0 Å². The van der Waals surface area contributed by atoms with E-state index in [1.54, 1.807) is 12.1 Å². The summed E-state index contributed by atoms with van der Waals surface area (Å²) in [7, 11) is -3.35. The number of sulfonamides is 1. The molecule has 0 saturated carbocycles. The molecule has 0 aliphatic heterocycles. The number of unbranched alkanes of at least 4 members (excludes halogenated alkanes) is 2. The van der Waals surface area contributed by atoms with Gasteiger partial charge in [-0.25, -0.2) is 13.1 Å². The molecule has 0 heterocycles. The summed E-state index contributed by atoms with van der Waals surface area (Å²) in [5.74, 6) is 0.624. The van der Waals surface area contributed by atoms with E-state index in [0.29, 0.717) is 17.3 Å². The smallest absolute Gasteiger partial charge is 0.211 e. The van der Waals surface area contributed by atoms with E-state index >= 15 is 0 Å². The van der Waals surface area contributed by atoms with E-state index in [1.165, 1.54) is 0 Å². The summed E-state index contributed by atoms with van der Waals surface area (Å²) in [6, 6.07) is 7.03. The molecule has 0 spiro atoms. The maximum Gasteiger partial charge on any atom is 0.240 e. The second-order valence-electron chi connectivity index (χ2n) is 4.54. The highest BCUT2D eigenvalue weighted by Gasteiger charge is 2.12. The maximum atomic E-state index is 12.0. The molecule has 0 aromatic heterocycles. The average molecular weight is 304 g/mol. The molecule has 5 heteroatoms. The maximum absolute atomic E-state index is 12.0. The number of halogens is 1. The molecule has 3 nitrogen and oxygen atoms in total. The summed E-state index contributed by atoms with van der Waals surface area (Å²) in [4.78, 5) is 0.332. The third-order valence-corrected chi connectivity index (χ3v) is 4.65. The molecule has 0 radical (unpaired) electrons. The molecule has 0 aliphatic carbocycles. The highest BCUT2D eigenvalue weighted by atomic mass is 35.5. The van der Waals surface area contributed by atoms with Gasteiger partial charge in [-0.1, -0.05) is 31.9 Å². The van der Waals surface area contributed by atoms with Crippen LogP contribution in [0.1, 0.15) is 38.2 Å². The van der Waals surface area contributed by atoms with Gasteiger partial charge in [0.1, 0.15) is 0 Å². The number of hydrogen-bond acceptors (Lipinski definition) is 2. The number of aryl methyl sites for hydroxylation is 1. The lowest BCUT2D eigenvalue weighted by Crippen LogP contribution is -2.24. The quantitative estimate of drug-likeness (QED) is 0.562. The Bertz CT molecular complexity index is 457. The first-order valence-corrected chi connectivity index (χ1v) is 8.76. The zero-order valence-electron chi connectivity index (χ0n) is 11.4. The second kappa shape index (κ2) is 8.56. The second-order valence-corrected chi connectivity index (χ2v) is 6.69. The van der Waals surface area contributed by atoms with Crippen molar-refractivity contribution in [2.45, 2.75) is 43.9 Å². The molecule has 0 bridgehead atoms. The molecule has 1 aromatic carbocycles. The predicted octanol–water partition coefficient (Wildman–Crippen LogP) is 3.33. The fraction of sp³-hybridized carbons (Fsp3) is 0.571. The summed E-state index contributed by atoms with van der Waals surface area (Å²) >= 11 is 5.63. The van der Waals surface area contributed by atoms with Gasteiger partial charge in [-0.2, -0.15) is 0 Å². The minimum absolute atomic E-state index is 0.332. The molecular weight excluding hydrogens is 282 g/mol. The Morgan fingerprint density at radius 3 is 2.37 bits per heavy atom. The van der Waals surface area contributed by atoms with Crippen molar-refractivity contribution in [1.29, 1.82) is 0 Å². The van der Waals surface area contributed by atoms with Gasteiger partial charge in [-0.3, -0.25) is 0 Å². The number of alkyl halides is 1. The Balaban J connectivity index is 2.58. The Labute approximate surface area is 121 Å². The molecular formula is C14H22ClNO2S. The molecule has 108 valence electrons. The summed E-state index contributed by atoms with van der Waals surface area (Å²) in [6.45, 7) is 2.60. The predicted molar refractivity (Wildman–Crippen MR) is 80.2 cm³/mol. The van der Waals surface area contributed by atoms with Crippen LogP contribution < -0.4 is 4.72 Å². The zero-order chi connectivity index (χ0) is 14.1. The minimum Gasteiger partial charge on any atom is -0.211 e. The van der Waals surface area contributed by atoms with E-state index in [2.05, 4.69) is 11.6 Å². The molecule has 1 N–H and O–H groups in total. The number of benzene rings is 1. The molecule has 0 fully saturated rings. The Hall–Kier alpha value is -0.580. The Kier molecular flexibility index (Phi) is 7.42. The normalized spacial score (nSPS) is 11.7.